The molecule has 0 radical (unpaired) electrons. The standard InChI is InChI=1S/C15H23N3O/c1-12(19)13-5-6-15(16-10-13)18-9-3-8-17-7-2-4-14(17)11-18/h5-6,10,12,14,19H,2-4,7-9,11H2,1H3/t12-,14?/m0/s1. The van der Waals surface area contributed by atoms with Crippen molar-refractivity contribution in [2.75, 3.05) is 31.1 Å². The van der Waals surface area contributed by atoms with Crippen molar-refractivity contribution in [2.45, 2.75) is 38.3 Å². The van der Waals surface area contributed by atoms with Gasteiger partial charge in [-0.15, -0.1) is 0 Å². The Morgan fingerprint density at radius 2 is 2.11 bits per heavy atom. The predicted molar refractivity (Wildman–Crippen MR) is 76.3 cm³/mol. The lowest BCUT2D eigenvalue weighted by Crippen LogP contribution is -2.36. The highest BCUT2D eigenvalue weighted by Gasteiger charge is 2.29. The van der Waals surface area contributed by atoms with Gasteiger partial charge >= 0.3 is 0 Å². The zero-order chi connectivity index (χ0) is 13.2. The predicted octanol–water partition coefficient (Wildman–Crippen LogP) is 1.81. The molecule has 4 heteroatoms. The van der Waals surface area contributed by atoms with Crippen LogP contribution in [0.5, 0.6) is 0 Å². The summed E-state index contributed by atoms with van der Waals surface area (Å²) < 4.78 is 0. The van der Waals surface area contributed by atoms with E-state index in [1.807, 2.05) is 12.1 Å². The van der Waals surface area contributed by atoms with Crippen molar-refractivity contribution >= 4 is 5.82 Å². The van der Waals surface area contributed by atoms with Gasteiger partial charge in [-0.05, 0) is 44.4 Å². The second-order valence-electron chi connectivity index (χ2n) is 5.76. The van der Waals surface area contributed by atoms with Crippen LogP contribution in [0.1, 0.15) is 37.9 Å². The first-order valence-electron chi connectivity index (χ1n) is 7.37. The normalized spacial score (nSPS) is 26.0. The van der Waals surface area contributed by atoms with Crippen LogP contribution in [0.3, 0.4) is 0 Å². The highest BCUT2D eigenvalue weighted by Crippen LogP contribution is 2.24. The van der Waals surface area contributed by atoms with Crippen molar-refractivity contribution in [2.24, 2.45) is 0 Å². The van der Waals surface area contributed by atoms with Crippen LogP contribution < -0.4 is 4.90 Å². The maximum Gasteiger partial charge on any atom is 0.128 e. The Balaban J connectivity index is 1.73. The number of aliphatic hydroxyl groups is 1. The average molecular weight is 261 g/mol. The van der Waals surface area contributed by atoms with Gasteiger partial charge in [0.05, 0.1) is 6.10 Å². The minimum absolute atomic E-state index is 0.434. The number of nitrogens with zero attached hydrogens (tertiary/aromatic N) is 3. The molecule has 19 heavy (non-hydrogen) atoms. The Bertz CT molecular complexity index is 418. The summed E-state index contributed by atoms with van der Waals surface area (Å²) in [5.41, 5.74) is 0.890. The van der Waals surface area contributed by atoms with Crippen molar-refractivity contribution < 1.29 is 5.11 Å². The molecule has 0 aliphatic carbocycles. The lowest BCUT2D eigenvalue weighted by molar-refractivity contribution is 0.199. The van der Waals surface area contributed by atoms with Gasteiger partial charge in [0.25, 0.3) is 0 Å². The summed E-state index contributed by atoms with van der Waals surface area (Å²) >= 11 is 0. The van der Waals surface area contributed by atoms with Crippen LogP contribution in [0.4, 0.5) is 5.82 Å². The van der Waals surface area contributed by atoms with Gasteiger partial charge in [-0.1, -0.05) is 6.07 Å². The first-order chi connectivity index (χ1) is 9.24. The third-order valence-corrected chi connectivity index (χ3v) is 4.38. The highest BCUT2D eigenvalue weighted by molar-refractivity contribution is 5.40. The molecule has 0 spiro atoms. The monoisotopic (exact) mass is 261 g/mol. The largest absolute Gasteiger partial charge is 0.389 e. The van der Waals surface area contributed by atoms with Crippen LogP contribution in [0, 0.1) is 0 Å². The van der Waals surface area contributed by atoms with E-state index in [0.29, 0.717) is 6.04 Å². The van der Waals surface area contributed by atoms with E-state index in [9.17, 15) is 5.11 Å². The lowest BCUT2D eigenvalue weighted by atomic mass is 10.2. The molecule has 1 aromatic heterocycles. The first-order valence-corrected chi connectivity index (χ1v) is 7.37. The van der Waals surface area contributed by atoms with Crippen molar-refractivity contribution in [3.05, 3.63) is 23.9 Å². The Kier molecular flexibility index (Phi) is 3.71. The summed E-state index contributed by atoms with van der Waals surface area (Å²) in [6.07, 6.45) is 5.25. The minimum atomic E-state index is -0.434. The lowest BCUT2D eigenvalue weighted by Gasteiger charge is -2.26. The van der Waals surface area contributed by atoms with Crippen molar-refractivity contribution in [3.63, 3.8) is 0 Å². The molecule has 1 unspecified atom stereocenters. The van der Waals surface area contributed by atoms with Crippen molar-refractivity contribution in [3.8, 4) is 0 Å². The maximum atomic E-state index is 9.53. The van der Waals surface area contributed by atoms with Crippen LogP contribution in [0.2, 0.25) is 0 Å². The van der Waals surface area contributed by atoms with E-state index in [-0.39, 0.29) is 0 Å². The fourth-order valence-electron chi connectivity index (χ4n) is 3.25. The topological polar surface area (TPSA) is 39.6 Å². The number of anilines is 1. The van der Waals surface area contributed by atoms with Gasteiger partial charge in [-0.3, -0.25) is 4.90 Å². The summed E-state index contributed by atoms with van der Waals surface area (Å²) in [7, 11) is 0. The van der Waals surface area contributed by atoms with E-state index in [1.165, 1.54) is 32.4 Å². The molecule has 0 aromatic carbocycles. The van der Waals surface area contributed by atoms with E-state index in [2.05, 4.69) is 14.8 Å². The number of hydrogen-bond donors (Lipinski definition) is 1. The number of fused-ring (bicyclic) bond motifs is 1. The number of pyridine rings is 1. The number of aromatic nitrogens is 1. The smallest absolute Gasteiger partial charge is 0.128 e. The molecule has 0 saturated carbocycles. The van der Waals surface area contributed by atoms with Crippen LogP contribution in [0.15, 0.2) is 18.3 Å². The SMILES string of the molecule is C[C@H](O)c1ccc(N2CCCN3CCCC3C2)nc1. The van der Waals surface area contributed by atoms with E-state index in [1.54, 1.807) is 13.1 Å². The van der Waals surface area contributed by atoms with E-state index < -0.39 is 6.10 Å². The molecule has 3 rings (SSSR count). The molecular weight excluding hydrogens is 238 g/mol. The van der Waals surface area contributed by atoms with Gasteiger partial charge in [0.15, 0.2) is 0 Å². The fourth-order valence-corrected chi connectivity index (χ4v) is 3.25. The van der Waals surface area contributed by atoms with Gasteiger partial charge in [0, 0.05) is 31.9 Å². The second-order valence-corrected chi connectivity index (χ2v) is 5.76. The Morgan fingerprint density at radius 3 is 2.84 bits per heavy atom. The summed E-state index contributed by atoms with van der Waals surface area (Å²) in [5, 5.41) is 9.53. The molecule has 2 fully saturated rings. The zero-order valence-electron chi connectivity index (χ0n) is 11.6. The molecule has 2 atom stereocenters. The van der Waals surface area contributed by atoms with Gasteiger partial charge in [-0.25, -0.2) is 4.98 Å². The quantitative estimate of drug-likeness (QED) is 0.881. The molecule has 3 heterocycles. The van der Waals surface area contributed by atoms with E-state index >= 15 is 0 Å². The molecule has 0 amide bonds. The number of rotatable bonds is 2. The third kappa shape index (κ3) is 2.74. The van der Waals surface area contributed by atoms with Gasteiger partial charge < -0.3 is 10.0 Å². The molecule has 4 nitrogen and oxygen atoms in total. The number of hydrogen-bond acceptors (Lipinski definition) is 4. The Morgan fingerprint density at radius 1 is 1.26 bits per heavy atom. The van der Waals surface area contributed by atoms with Gasteiger partial charge in [0.2, 0.25) is 0 Å². The molecule has 2 aliphatic rings. The molecule has 1 N–H and O–H groups in total. The van der Waals surface area contributed by atoms with E-state index in [4.69, 9.17) is 0 Å². The van der Waals surface area contributed by atoms with Crippen molar-refractivity contribution in [1.82, 2.24) is 9.88 Å². The van der Waals surface area contributed by atoms with E-state index in [0.717, 1.165) is 24.5 Å². The van der Waals surface area contributed by atoms with Crippen LogP contribution in [0.25, 0.3) is 0 Å². The summed E-state index contributed by atoms with van der Waals surface area (Å²) in [4.78, 5) is 9.56. The third-order valence-electron chi connectivity index (χ3n) is 4.38. The zero-order valence-corrected chi connectivity index (χ0v) is 11.6. The van der Waals surface area contributed by atoms with Crippen LogP contribution >= 0.6 is 0 Å². The highest BCUT2D eigenvalue weighted by atomic mass is 16.3. The average Bonchev–Trinajstić information content (AvgIpc) is 2.76. The van der Waals surface area contributed by atoms with Gasteiger partial charge in [-0.2, -0.15) is 0 Å². The van der Waals surface area contributed by atoms with Crippen molar-refractivity contribution in [1.29, 1.82) is 0 Å². The maximum absolute atomic E-state index is 9.53. The molecule has 104 valence electrons. The Hall–Kier alpha value is -1.13. The van der Waals surface area contributed by atoms with Crippen LogP contribution in [-0.4, -0.2) is 47.2 Å². The summed E-state index contributed by atoms with van der Waals surface area (Å²) in [6, 6.07) is 4.75. The fraction of sp³-hybridized carbons (Fsp3) is 0.667. The summed E-state index contributed by atoms with van der Waals surface area (Å²) in [5.74, 6) is 1.05. The minimum Gasteiger partial charge on any atom is -0.389 e. The summed E-state index contributed by atoms with van der Waals surface area (Å²) in [6.45, 7) is 6.47. The Labute approximate surface area is 115 Å². The second kappa shape index (κ2) is 5.47. The molecular formula is C15H23N3O. The molecule has 0 bridgehead atoms. The molecule has 1 aromatic rings. The van der Waals surface area contributed by atoms with Crippen LogP contribution in [-0.2, 0) is 0 Å². The van der Waals surface area contributed by atoms with Gasteiger partial charge in [0.1, 0.15) is 5.82 Å². The number of aliphatic hydroxyl groups excluding tert-OH is 1. The first kappa shape index (κ1) is 12.9. The molecule has 2 saturated heterocycles. The molecule has 2 aliphatic heterocycles.